The lowest BCUT2D eigenvalue weighted by Gasteiger charge is -2.07. The molecular formula is C22H15ClO3. The van der Waals surface area contributed by atoms with Crippen molar-refractivity contribution in [3.63, 3.8) is 0 Å². The molecule has 0 unspecified atom stereocenters. The van der Waals surface area contributed by atoms with Crippen molar-refractivity contribution in [2.75, 3.05) is 0 Å². The second-order valence-corrected chi connectivity index (χ2v) is 6.35. The van der Waals surface area contributed by atoms with Crippen LogP contribution in [0.1, 0.15) is 21.5 Å². The molecule has 0 saturated carbocycles. The summed E-state index contributed by atoms with van der Waals surface area (Å²) < 4.78 is 11.4. The third kappa shape index (κ3) is 3.35. The first-order valence-electron chi connectivity index (χ1n) is 8.19. The van der Waals surface area contributed by atoms with Gasteiger partial charge in [-0.3, -0.25) is 4.79 Å². The minimum absolute atomic E-state index is 0.0702. The van der Waals surface area contributed by atoms with Crippen molar-refractivity contribution in [1.82, 2.24) is 0 Å². The van der Waals surface area contributed by atoms with Crippen LogP contribution in [0.3, 0.4) is 0 Å². The Labute approximate surface area is 155 Å². The lowest BCUT2D eigenvalue weighted by Crippen LogP contribution is -2.00. The van der Waals surface area contributed by atoms with E-state index in [1.165, 1.54) is 6.26 Å². The summed E-state index contributed by atoms with van der Waals surface area (Å²) in [5.41, 5.74) is 2.83. The molecule has 4 rings (SSSR count). The summed E-state index contributed by atoms with van der Waals surface area (Å²) in [6.07, 6.45) is 1.50. The molecule has 1 heterocycles. The molecule has 0 fully saturated rings. The lowest BCUT2D eigenvalue weighted by atomic mass is 10.0. The highest BCUT2D eigenvalue weighted by Crippen LogP contribution is 2.28. The Morgan fingerprint density at radius 1 is 0.962 bits per heavy atom. The first-order chi connectivity index (χ1) is 12.7. The van der Waals surface area contributed by atoms with Crippen LogP contribution in [0.5, 0.6) is 5.75 Å². The Hall–Kier alpha value is -3.04. The average Bonchev–Trinajstić information content (AvgIpc) is 3.11. The lowest BCUT2D eigenvalue weighted by molar-refractivity contribution is 0.103. The number of carbonyl (C=O) groups excluding carboxylic acids is 1. The molecule has 0 bridgehead atoms. The SMILES string of the molecule is O=C(c1ccccc1)c1coc2ccc(OCc3ccc(Cl)cc3)cc12. The van der Waals surface area contributed by atoms with Gasteiger partial charge in [0.2, 0.25) is 0 Å². The zero-order chi connectivity index (χ0) is 17.9. The molecule has 0 saturated heterocycles. The van der Waals surface area contributed by atoms with Crippen molar-refractivity contribution in [2.45, 2.75) is 6.61 Å². The molecule has 1 aromatic heterocycles. The highest BCUT2D eigenvalue weighted by atomic mass is 35.5. The van der Waals surface area contributed by atoms with Gasteiger partial charge in [-0.15, -0.1) is 0 Å². The van der Waals surface area contributed by atoms with Gasteiger partial charge in [-0.25, -0.2) is 0 Å². The molecule has 0 aliphatic carbocycles. The van der Waals surface area contributed by atoms with Crippen molar-refractivity contribution in [2.24, 2.45) is 0 Å². The number of hydrogen-bond donors (Lipinski definition) is 0. The molecule has 0 aliphatic heterocycles. The van der Waals surface area contributed by atoms with Gasteiger partial charge in [-0.1, -0.05) is 54.1 Å². The first-order valence-corrected chi connectivity index (χ1v) is 8.57. The topological polar surface area (TPSA) is 39.4 Å². The van der Waals surface area contributed by atoms with E-state index in [0.29, 0.717) is 34.1 Å². The van der Waals surface area contributed by atoms with Crippen LogP contribution in [0, 0.1) is 0 Å². The molecule has 3 nitrogen and oxygen atoms in total. The monoisotopic (exact) mass is 362 g/mol. The Morgan fingerprint density at radius 3 is 2.50 bits per heavy atom. The average molecular weight is 363 g/mol. The van der Waals surface area contributed by atoms with E-state index in [1.54, 1.807) is 12.1 Å². The van der Waals surface area contributed by atoms with Crippen molar-refractivity contribution in [1.29, 1.82) is 0 Å². The van der Waals surface area contributed by atoms with Crippen LogP contribution >= 0.6 is 11.6 Å². The second-order valence-electron chi connectivity index (χ2n) is 5.92. The van der Waals surface area contributed by atoms with Gasteiger partial charge in [0.25, 0.3) is 0 Å². The number of rotatable bonds is 5. The highest BCUT2D eigenvalue weighted by Gasteiger charge is 2.16. The van der Waals surface area contributed by atoms with Crippen molar-refractivity contribution >= 4 is 28.4 Å². The maximum Gasteiger partial charge on any atom is 0.196 e. The van der Waals surface area contributed by atoms with Gasteiger partial charge in [0, 0.05) is 16.0 Å². The molecule has 0 atom stereocenters. The van der Waals surface area contributed by atoms with Gasteiger partial charge < -0.3 is 9.15 Å². The van der Waals surface area contributed by atoms with Crippen LogP contribution in [-0.2, 0) is 6.61 Å². The number of furan rings is 1. The van der Waals surface area contributed by atoms with Crippen molar-refractivity contribution < 1.29 is 13.9 Å². The molecule has 0 amide bonds. The summed E-state index contributed by atoms with van der Waals surface area (Å²) >= 11 is 5.90. The van der Waals surface area contributed by atoms with E-state index in [1.807, 2.05) is 60.7 Å². The molecule has 0 spiro atoms. The molecule has 0 aliphatic rings. The number of hydrogen-bond acceptors (Lipinski definition) is 3. The Kier molecular flexibility index (Phi) is 4.46. The number of benzene rings is 3. The van der Waals surface area contributed by atoms with E-state index in [4.69, 9.17) is 20.8 Å². The van der Waals surface area contributed by atoms with E-state index in [2.05, 4.69) is 0 Å². The number of carbonyl (C=O) groups is 1. The standard InChI is InChI=1S/C22H15ClO3/c23-17-8-6-15(7-9-17)13-25-18-10-11-21-19(12-18)20(14-26-21)22(24)16-4-2-1-3-5-16/h1-12,14H,13H2. The van der Waals surface area contributed by atoms with E-state index in [-0.39, 0.29) is 5.78 Å². The van der Waals surface area contributed by atoms with Crippen LogP contribution in [0.4, 0.5) is 0 Å². The van der Waals surface area contributed by atoms with E-state index in [0.717, 1.165) is 10.9 Å². The van der Waals surface area contributed by atoms with Crippen LogP contribution < -0.4 is 4.74 Å². The Morgan fingerprint density at radius 2 is 1.73 bits per heavy atom. The van der Waals surface area contributed by atoms with E-state index >= 15 is 0 Å². The zero-order valence-corrected chi connectivity index (χ0v) is 14.6. The summed E-state index contributed by atoms with van der Waals surface area (Å²) in [5, 5.41) is 1.44. The second kappa shape index (κ2) is 7.06. The fourth-order valence-electron chi connectivity index (χ4n) is 2.77. The van der Waals surface area contributed by atoms with Gasteiger partial charge in [0.1, 0.15) is 24.2 Å². The summed E-state index contributed by atoms with van der Waals surface area (Å²) in [7, 11) is 0. The maximum absolute atomic E-state index is 12.7. The van der Waals surface area contributed by atoms with Crippen LogP contribution in [-0.4, -0.2) is 5.78 Å². The summed E-state index contributed by atoms with van der Waals surface area (Å²) in [5.74, 6) is 0.607. The number of ether oxygens (including phenoxy) is 1. The fourth-order valence-corrected chi connectivity index (χ4v) is 2.89. The van der Waals surface area contributed by atoms with E-state index < -0.39 is 0 Å². The predicted molar refractivity (Wildman–Crippen MR) is 102 cm³/mol. The number of halogens is 1. The minimum atomic E-state index is -0.0702. The van der Waals surface area contributed by atoms with E-state index in [9.17, 15) is 4.79 Å². The van der Waals surface area contributed by atoms with Gasteiger partial charge in [-0.2, -0.15) is 0 Å². The molecule has 0 N–H and O–H groups in total. The summed E-state index contributed by atoms with van der Waals surface area (Å²) in [6, 6.07) is 22.1. The van der Waals surface area contributed by atoms with Gasteiger partial charge in [-0.05, 0) is 35.9 Å². The molecule has 4 aromatic rings. The Balaban J connectivity index is 1.60. The maximum atomic E-state index is 12.7. The van der Waals surface area contributed by atoms with Crippen molar-refractivity contribution in [3.05, 3.63) is 101 Å². The first kappa shape index (κ1) is 16.4. The molecule has 4 heteroatoms. The number of fused-ring (bicyclic) bond motifs is 1. The number of ketones is 1. The highest BCUT2D eigenvalue weighted by molar-refractivity contribution is 6.30. The largest absolute Gasteiger partial charge is 0.489 e. The Bertz CT molecular complexity index is 1050. The molecule has 3 aromatic carbocycles. The molecule has 26 heavy (non-hydrogen) atoms. The van der Waals surface area contributed by atoms with Gasteiger partial charge in [0.05, 0.1) is 5.56 Å². The normalized spacial score (nSPS) is 10.8. The predicted octanol–water partition coefficient (Wildman–Crippen LogP) is 5.90. The van der Waals surface area contributed by atoms with Gasteiger partial charge >= 0.3 is 0 Å². The van der Waals surface area contributed by atoms with Crippen LogP contribution in [0.2, 0.25) is 5.02 Å². The quantitative estimate of drug-likeness (QED) is 0.415. The van der Waals surface area contributed by atoms with Crippen LogP contribution in [0.15, 0.2) is 83.5 Å². The van der Waals surface area contributed by atoms with Crippen LogP contribution in [0.25, 0.3) is 11.0 Å². The molecule has 0 radical (unpaired) electrons. The molecular weight excluding hydrogens is 348 g/mol. The fraction of sp³-hybridized carbons (Fsp3) is 0.0455. The smallest absolute Gasteiger partial charge is 0.196 e. The zero-order valence-electron chi connectivity index (χ0n) is 13.8. The third-order valence-electron chi connectivity index (χ3n) is 4.14. The van der Waals surface area contributed by atoms with Gasteiger partial charge in [0.15, 0.2) is 5.78 Å². The summed E-state index contributed by atoms with van der Waals surface area (Å²) in [6.45, 7) is 0.419. The molecule has 128 valence electrons. The summed E-state index contributed by atoms with van der Waals surface area (Å²) in [4.78, 5) is 12.7. The minimum Gasteiger partial charge on any atom is -0.489 e. The third-order valence-corrected chi connectivity index (χ3v) is 4.40. The van der Waals surface area contributed by atoms with Crippen molar-refractivity contribution in [3.8, 4) is 5.75 Å².